The van der Waals surface area contributed by atoms with Crippen molar-refractivity contribution in [3.05, 3.63) is 42.0 Å². The van der Waals surface area contributed by atoms with Crippen molar-refractivity contribution in [2.24, 2.45) is 29.1 Å². The SMILES string of the molecule is CC(C)OC(=O)c1ccc(N2C(=O)[C@H]3[C@H](C2=O)[C@H]2C=C[C@H]3C23CC3)cc1. The summed E-state index contributed by atoms with van der Waals surface area (Å²) in [5, 5.41) is 0. The molecule has 4 aliphatic rings. The summed E-state index contributed by atoms with van der Waals surface area (Å²) in [7, 11) is 0. The maximum atomic E-state index is 13.0. The quantitative estimate of drug-likeness (QED) is 0.477. The number of imide groups is 1. The Morgan fingerprint density at radius 1 is 1.04 bits per heavy atom. The van der Waals surface area contributed by atoms with Gasteiger partial charge in [-0.2, -0.15) is 0 Å². The van der Waals surface area contributed by atoms with E-state index in [1.807, 2.05) is 0 Å². The molecule has 1 aromatic carbocycles. The van der Waals surface area contributed by atoms with Gasteiger partial charge in [0.2, 0.25) is 11.8 Å². The Balaban J connectivity index is 1.41. The van der Waals surface area contributed by atoms with Crippen molar-refractivity contribution in [1.82, 2.24) is 0 Å². The lowest BCUT2D eigenvalue weighted by molar-refractivity contribution is -0.123. The largest absolute Gasteiger partial charge is 0.459 e. The molecule has 26 heavy (non-hydrogen) atoms. The zero-order valence-corrected chi connectivity index (χ0v) is 14.8. The molecule has 1 spiro atoms. The smallest absolute Gasteiger partial charge is 0.338 e. The molecule has 0 aromatic heterocycles. The number of anilines is 1. The van der Waals surface area contributed by atoms with Crippen LogP contribution in [0, 0.1) is 29.1 Å². The van der Waals surface area contributed by atoms with Crippen molar-refractivity contribution in [3.63, 3.8) is 0 Å². The Morgan fingerprint density at radius 3 is 2.04 bits per heavy atom. The Labute approximate surface area is 152 Å². The molecule has 0 unspecified atom stereocenters. The van der Waals surface area contributed by atoms with Gasteiger partial charge < -0.3 is 4.74 Å². The van der Waals surface area contributed by atoms with E-state index in [0.717, 1.165) is 12.8 Å². The summed E-state index contributed by atoms with van der Waals surface area (Å²) in [5.74, 6) is -0.531. The molecule has 5 rings (SSSR count). The van der Waals surface area contributed by atoms with Crippen molar-refractivity contribution >= 4 is 23.5 Å². The van der Waals surface area contributed by atoms with Crippen LogP contribution in [0.15, 0.2) is 36.4 Å². The van der Waals surface area contributed by atoms with Crippen molar-refractivity contribution < 1.29 is 19.1 Å². The highest BCUT2D eigenvalue weighted by molar-refractivity contribution is 6.23. The van der Waals surface area contributed by atoms with Crippen LogP contribution in [0.2, 0.25) is 0 Å². The first-order chi connectivity index (χ1) is 12.4. The second-order valence-corrected chi connectivity index (χ2v) is 8.23. The Kier molecular flexibility index (Phi) is 3.07. The minimum atomic E-state index is -0.402. The number of fused-ring (bicyclic) bond motifs is 3. The van der Waals surface area contributed by atoms with Gasteiger partial charge in [-0.15, -0.1) is 0 Å². The summed E-state index contributed by atoms with van der Waals surface area (Å²) in [6.45, 7) is 3.59. The minimum absolute atomic E-state index is 0.0827. The molecule has 1 aromatic rings. The first kappa shape index (κ1) is 15.8. The molecule has 2 amide bonds. The van der Waals surface area contributed by atoms with E-state index >= 15 is 0 Å². The second-order valence-electron chi connectivity index (χ2n) is 8.23. The van der Waals surface area contributed by atoms with Crippen LogP contribution in [0.1, 0.15) is 37.0 Å². The molecule has 0 radical (unpaired) electrons. The lowest BCUT2D eigenvalue weighted by Crippen LogP contribution is -2.34. The van der Waals surface area contributed by atoms with E-state index in [2.05, 4.69) is 12.2 Å². The van der Waals surface area contributed by atoms with Crippen LogP contribution in [0.3, 0.4) is 0 Å². The van der Waals surface area contributed by atoms with Gasteiger partial charge >= 0.3 is 5.97 Å². The zero-order chi connectivity index (χ0) is 18.2. The first-order valence-corrected chi connectivity index (χ1v) is 9.31. The van der Waals surface area contributed by atoms with E-state index in [-0.39, 0.29) is 47.0 Å². The van der Waals surface area contributed by atoms with Crippen molar-refractivity contribution in [2.75, 3.05) is 4.90 Å². The summed E-state index contributed by atoms with van der Waals surface area (Å²) in [6.07, 6.45) is 6.41. The molecule has 2 saturated carbocycles. The highest BCUT2D eigenvalue weighted by Crippen LogP contribution is 2.73. The summed E-state index contributed by atoms with van der Waals surface area (Å²) in [6, 6.07) is 6.56. The van der Waals surface area contributed by atoms with Crippen molar-refractivity contribution in [1.29, 1.82) is 0 Å². The van der Waals surface area contributed by atoms with Crippen LogP contribution >= 0.6 is 0 Å². The summed E-state index contributed by atoms with van der Waals surface area (Å²) in [5.41, 5.74) is 1.16. The van der Waals surface area contributed by atoms with E-state index in [1.54, 1.807) is 38.1 Å². The third-order valence-corrected chi connectivity index (χ3v) is 6.56. The molecule has 1 saturated heterocycles. The fraction of sp³-hybridized carbons (Fsp3) is 0.476. The average molecular weight is 351 g/mol. The number of nitrogens with zero attached hydrogens (tertiary/aromatic N) is 1. The zero-order valence-electron chi connectivity index (χ0n) is 14.8. The standard InChI is InChI=1S/C21H21NO4/c1-11(2)26-20(25)12-3-5-13(6-4-12)22-18(23)16-14-7-8-15(17(16)19(22)24)21(14)9-10-21/h3-8,11,14-17H,9-10H2,1-2H3/t14-,15-,16-,17-/m1/s1. The van der Waals surface area contributed by atoms with Gasteiger partial charge in [-0.3, -0.25) is 14.5 Å². The Hall–Kier alpha value is -2.43. The lowest BCUT2D eigenvalue weighted by atomic mass is 9.85. The molecule has 2 bridgehead atoms. The molecule has 4 atom stereocenters. The number of amides is 2. The molecule has 134 valence electrons. The van der Waals surface area contributed by atoms with Crippen LogP contribution in [0.4, 0.5) is 5.69 Å². The van der Waals surface area contributed by atoms with Gasteiger partial charge in [0, 0.05) is 0 Å². The van der Waals surface area contributed by atoms with Gasteiger partial charge in [0.25, 0.3) is 0 Å². The van der Waals surface area contributed by atoms with Crippen molar-refractivity contribution in [3.8, 4) is 0 Å². The number of ether oxygens (including phenoxy) is 1. The van der Waals surface area contributed by atoms with Gasteiger partial charge in [0.05, 0.1) is 29.2 Å². The number of hydrogen-bond acceptors (Lipinski definition) is 4. The van der Waals surface area contributed by atoms with Gasteiger partial charge in [-0.25, -0.2) is 4.79 Å². The number of allylic oxidation sites excluding steroid dienone is 2. The topological polar surface area (TPSA) is 63.7 Å². The monoisotopic (exact) mass is 351 g/mol. The Morgan fingerprint density at radius 2 is 1.58 bits per heavy atom. The van der Waals surface area contributed by atoms with E-state index < -0.39 is 5.97 Å². The summed E-state index contributed by atoms with van der Waals surface area (Å²) < 4.78 is 5.18. The van der Waals surface area contributed by atoms with E-state index in [4.69, 9.17) is 4.74 Å². The van der Waals surface area contributed by atoms with Gasteiger partial charge in [-0.1, -0.05) is 12.2 Å². The molecule has 3 fully saturated rings. The number of rotatable bonds is 3. The maximum Gasteiger partial charge on any atom is 0.338 e. The van der Waals surface area contributed by atoms with Crippen LogP contribution in [0.25, 0.3) is 0 Å². The van der Waals surface area contributed by atoms with Gasteiger partial charge in [0.1, 0.15) is 0 Å². The van der Waals surface area contributed by atoms with E-state index in [9.17, 15) is 14.4 Å². The van der Waals surface area contributed by atoms with Crippen molar-refractivity contribution in [2.45, 2.75) is 32.8 Å². The van der Waals surface area contributed by atoms with Gasteiger partial charge in [-0.05, 0) is 68.2 Å². The fourth-order valence-electron chi connectivity index (χ4n) is 5.36. The molecule has 0 N–H and O–H groups in total. The summed E-state index contributed by atoms with van der Waals surface area (Å²) in [4.78, 5) is 39.4. The molecule has 1 heterocycles. The van der Waals surface area contributed by atoms with Crippen LogP contribution < -0.4 is 4.90 Å². The summed E-state index contributed by atoms with van der Waals surface area (Å²) >= 11 is 0. The highest BCUT2D eigenvalue weighted by Gasteiger charge is 2.73. The molecule has 3 aliphatic carbocycles. The molecular weight excluding hydrogens is 330 g/mol. The minimum Gasteiger partial charge on any atom is -0.459 e. The predicted molar refractivity (Wildman–Crippen MR) is 94.3 cm³/mol. The van der Waals surface area contributed by atoms with Gasteiger partial charge in [0.15, 0.2) is 0 Å². The number of hydrogen-bond donors (Lipinski definition) is 0. The molecule has 5 nitrogen and oxygen atoms in total. The number of esters is 1. The lowest BCUT2D eigenvalue weighted by Gasteiger charge is -2.21. The van der Waals surface area contributed by atoms with E-state index in [1.165, 1.54) is 4.90 Å². The normalized spacial score (nSPS) is 32.7. The first-order valence-electron chi connectivity index (χ1n) is 9.31. The fourth-order valence-corrected chi connectivity index (χ4v) is 5.36. The van der Waals surface area contributed by atoms with Crippen LogP contribution in [-0.2, 0) is 14.3 Å². The number of carbonyl (C=O) groups is 3. The molecular formula is C21H21NO4. The highest BCUT2D eigenvalue weighted by atomic mass is 16.5. The van der Waals surface area contributed by atoms with E-state index in [0.29, 0.717) is 11.3 Å². The average Bonchev–Trinajstić information content (AvgIpc) is 3.20. The third kappa shape index (κ3) is 1.89. The second kappa shape index (κ2) is 5.06. The number of carbonyl (C=O) groups excluding carboxylic acids is 3. The predicted octanol–water partition coefficient (Wildman–Crippen LogP) is 2.95. The van der Waals surface area contributed by atoms with Crippen LogP contribution in [0.5, 0.6) is 0 Å². The molecule has 5 heteroatoms. The number of benzene rings is 1. The Bertz CT molecular complexity index is 815. The van der Waals surface area contributed by atoms with Crippen LogP contribution in [-0.4, -0.2) is 23.9 Å². The molecule has 1 aliphatic heterocycles. The maximum absolute atomic E-state index is 13.0. The third-order valence-electron chi connectivity index (χ3n) is 6.56.